The van der Waals surface area contributed by atoms with E-state index in [0.29, 0.717) is 36.9 Å². The third-order valence-corrected chi connectivity index (χ3v) is 6.46. The zero-order valence-corrected chi connectivity index (χ0v) is 19.7. The van der Waals surface area contributed by atoms with Crippen LogP contribution in [-0.4, -0.2) is 21.7 Å². The molecule has 1 aliphatic heterocycles. The van der Waals surface area contributed by atoms with Gasteiger partial charge in [-0.3, -0.25) is 10.1 Å². The number of carboxylic acids is 1. The summed E-state index contributed by atoms with van der Waals surface area (Å²) in [5.74, 6) is -1.26. The van der Waals surface area contributed by atoms with E-state index in [9.17, 15) is 20.0 Å². The number of hydrogen-bond donors (Lipinski definition) is 1. The quantitative estimate of drug-likeness (QED) is 0.219. The molecular formula is C22H14Cl4N3O4+. The summed E-state index contributed by atoms with van der Waals surface area (Å²) in [4.78, 5) is 23.0. The van der Waals surface area contributed by atoms with E-state index in [1.165, 1.54) is 18.2 Å². The number of hydrogen-bond acceptors (Lipinski definition) is 4. The fourth-order valence-corrected chi connectivity index (χ4v) is 4.73. The van der Waals surface area contributed by atoms with Crippen molar-refractivity contribution >= 4 is 69.5 Å². The molecule has 7 nitrogen and oxygen atoms in total. The minimum Gasteiger partial charge on any atom is -0.476 e. The van der Waals surface area contributed by atoms with Crippen LogP contribution >= 0.6 is 46.4 Å². The van der Waals surface area contributed by atoms with Gasteiger partial charge in [-0.15, -0.1) is 0 Å². The van der Waals surface area contributed by atoms with Gasteiger partial charge >= 0.3 is 5.97 Å². The van der Waals surface area contributed by atoms with E-state index < -0.39 is 10.9 Å². The Morgan fingerprint density at radius 1 is 0.909 bits per heavy atom. The van der Waals surface area contributed by atoms with Crippen LogP contribution in [-0.2, 0) is 17.9 Å². The highest BCUT2D eigenvalue weighted by molar-refractivity contribution is 6.44. The fraction of sp³-hybridized carbons (Fsp3) is 0.0909. The molecule has 0 fully saturated rings. The number of carbonyl (C=O) groups is 1. The van der Waals surface area contributed by atoms with Gasteiger partial charge < -0.3 is 5.11 Å². The fourth-order valence-electron chi connectivity index (χ4n) is 3.80. The third-order valence-electron chi connectivity index (χ3n) is 5.28. The van der Waals surface area contributed by atoms with Crippen LogP contribution in [0.4, 0.5) is 11.4 Å². The molecule has 0 unspecified atom stereocenters. The molecule has 11 heteroatoms. The van der Waals surface area contributed by atoms with Gasteiger partial charge in [0.1, 0.15) is 13.1 Å². The van der Waals surface area contributed by atoms with Crippen molar-refractivity contribution in [2.75, 3.05) is 0 Å². The molecule has 0 bridgehead atoms. The Morgan fingerprint density at radius 2 is 1.45 bits per heavy atom. The van der Waals surface area contributed by atoms with E-state index in [1.54, 1.807) is 36.4 Å². The van der Waals surface area contributed by atoms with E-state index in [-0.39, 0.29) is 34.6 Å². The zero-order valence-electron chi connectivity index (χ0n) is 16.6. The van der Waals surface area contributed by atoms with Crippen LogP contribution in [0.25, 0.3) is 0 Å². The normalized spacial score (nSPS) is 14.0. The third kappa shape index (κ3) is 4.55. The average molecular weight is 526 g/mol. The molecule has 3 aromatic carbocycles. The Bertz CT molecular complexity index is 1290. The van der Waals surface area contributed by atoms with Gasteiger partial charge in [0.15, 0.2) is 5.69 Å². The van der Waals surface area contributed by atoms with Crippen LogP contribution in [0.15, 0.2) is 59.7 Å². The highest BCUT2D eigenvalue weighted by Crippen LogP contribution is 2.43. The van der Waals surface area contributed by atoms with Crippen LogP contribution in [0.5, 0.6) is 0 Å². The van der Waals surface area contributed by atoms with Crippen molar-refractivity contribution in [2.45, 2.75) is 13.1 Å². The first-order chi connectivity index (χ1) is 15.6. The minimum absolute atomic E-state index is 0.0971. The molecule has 0 spiro atoms. The van der Waals surface area contributed by atoms with E-state index in [2.05, 4.69) is 5.10 Å². The summed E-state index contributed by atoms with van der Waals surface area (Å²) in [6.45, 7) is 0.194. The molecule has 0 radical (unpaired) electrons. The number of carboxylic acid groups (broad SMARTS) is 1. The number of halogens is 4. The topological polar surface area (TPSA) is 92.8 Å². The monoisotopic (exact) mass is 524 g/mol. The van der Waals surface area contributed by atoms with Crippen LogP contribution < -0.4 is 4.59 Å². The van der Waals surface area contributed by atoms with E-state index in [1.807, 2.05) is 0 Å². The van der Waals surface area contributed by atoms with Crippen LogP contribution in [0.1, 0.15) is 16.7 Å². The lowest BCUT2D eigenvalue weighted by Crippen LogP contribution is -2.41. The Kier molecular flexibility index (Phi) is 6.35. The van der Waals surface area contributed by atoms with Gasteiger partial charge in [0, 0.05) is 27.2 Å². The summed E-state index contributed by atoms with van der Waals surface area (Å²) in [6, 6.07) is 13.8. The number of benzene rings is 3. The maximum atomic E-state index is 12.0. The highest BCUT2D eigenvalue weighted by Gasteiger charge is 2.45. The second kappa shape index (κ2) is 8.93. The lowest BCUT2D eigenvalue weighted by Gasteiger charge is -2.30. The number of aliphatic carboxylic acids is 1. The van der Waals surface area contributed by atoms with E-state index in [4.69, 9.17) is 46.4 Å². The number of fused-ring (bicyclic) bond motifs is 1. The lowest BCUT2D eigenvalue weighted by molar-refractivity contribution is -0.384. The number of rotatable bonds is 6. The van der Waals surface area contributed by atoms with Gasteiger partial charge in [0.25, 0.3) is 5.69 Å². The average Bonchev–Trinajstić information content (AvgIpc) is 3.06. The van der Waals surface area contributed by atoms with Crippen molar-refractivity contribution in [3.05, 3.63) is 101 Å². The predicted molar refractivity (Wildman–Crippen MR) is 129 cm³/mol. The summed E-state index contributed by atoms with van der Waals surface area (Å²) in [6.07, 6.45) is 0. The van der Waals surface area contributed by atoms with Crippen molar-refractivity contribution in [3.8, 4) is 0 Å². The predicted octanol–water partition coefficient (Wildman–Crippen LogP) is 6.72. The standard InChI is InChI=1S/C22H13Cl4N3O4/c23-14-3-1-12(18(25)7-14)10-29(11-13-2-4-15(24)8-19(13)26)20-9-16(28(32)33)5-6-17(20)21(27-29)22(30)31/h1-9H,10-11H2/p+1. The molecule has 0 aromatic heterocycles. The number of quaternary nitrogens is 1. The first-order valence-corrected chi connectivity index (χ1v) is 11.0. The number of non-ortho nitro benzene ring substituents is 1. The van der Waals surface area contributed by atoms with Crippen molar-refractivity contribution in [3.63, 3.8) is 0 Å². The Balaban J connectivity index is 1.96. The van der Waals surface area contributed by atoms with Crippen LogP contribution in [0.2, 0.25) is 20.1 Å². The number of nitro groups is 1. The van der Waals surface area contributed by atoms with E-state index >= 15 is 0 Å². The van der Waals surface area contributed by atoms with Gasteiger partial charge in [-0.25, -0.2) is 4.79 Å². The Hall–Kier alpha value is -2.68. The molecular weight excluding hydrogens is 512 g/mol. The number of nitro benzene ring substituents is 1. The summed E-state index contributed by atoms with van der Waals surface area (Å²) < 4.78 is -0.332. The summed E-state index contributed by atoms with van der Waals surface area (Å²) >= 11 is 24.9. The maximum Gasteiger partial charge on any atom is 0.360 e. The molecule has 0 aliphatic carbocycles. The van der Waals surface area contributed by atoms with Gasteiger partial charge in [-0.05, 0) is 30.3 Å². The Morgan fingerprint density at radius 3 is 1.91 bits per heavy atom. The molecule has 4 rings (SSSR count). The van der Waals surface area contributed by atoms with Gasteiger partial charge in [-0.2, -0.15) is 4.59 Å². The van der Waals surface area contributed by atoms with Crippen molar-refractivity contribution < 1.29 is 14.8 Å². The summed E-state index contributed by atoms with van der Waals surface area (Å²) in [5.41, 5.74) is 1.47. The smallest absolute Gasteiger partial charge is 0.360 e. The second-order valence-corrected chi connectivity index (χ2v) is 9.11. The SMILES string of the molecule is O=C(O)C1=N[N+](Cc2ccc(Cl)cc2Cl)(Cc2ccc(Cl)cc2Cl)c2cc([N+](=O)[O-])ccc21. The molecule has 1 aliphatic rings. The van der Waals surface area contributed by atoms with Gasteiger partial charge in [0.05, 0.1) is 26.6 Å². The zero-order chi connectivity index (χ0) is 23.9. The minimum atomic E-state index is -1.26. The lowest BCUT2D eigenvalue weighted by atomic mass is 10.1. The summed E-state index contributed by atoms with van der Waals surface area (Å²) in [7, 11) is 0. The van der Waals surface area contributed by atoms with Gasteiger partial charge in [0.2, 0.25) is 5.71 Å². The second-order valence-electron chi connectivity index (χ2n) is 7.42. The molecule has 1 heterocycles. The van der Waals surface area contributed by atoms with Crippen LogP contribution in [0.3, 0.4) is 0 Å². The highest BCUT2D eigenvalue weighted by atomic mass is 35.5. The van der Waals surface area contributed by atoms with Crippen molar-refractivity contribution in [1.82, 2.24) is 4.59 Å². The maximum absolute atomic E-state index is 12.0. The first-order valence-electron chi connectivity index (χ1n) is 9.47. The van der Waals surface area contributed by atoms with Crippen LogP contribution in [0, 0.1) is 10.1 Å². The molecule has 1 N–H and O–H groups in total. The summed E-state index contributed by atoms with van der Waals surface area (Å²) in [5, 5.41) is 27.5. The molecule has 168 valence electrons. The molecule has 0 amide bonds. The van der Waals surface area contributed by atoms with Crippen molar-refractivity contribution in [2.24, 2.45) is 5.10 Å². The van der Waals surface area contributed by atoms with E-state index in [0.717, 1.165) is 0 Å². The largest absolute Gasteiger partial charge is 0.476 e. The molecule has 0 saturated carbocycles. The molecule has 0 atom stereocenters. The molecule has 0 saturated heterocycles. The number of nitrogens with zero attached hydrogens (tertiary/aromatic N) is 3. The van der Waals surface area contributed by atoms with Crippen molar-refractivity contribution in [1.29, 1.82) is 0 Å². The molecule has 33 heavy (non-hydrogen) atoms. The molecule has 3 aromatic rings. The Labute approximate surface area is 208 Å². The first kappa shape index (κ1) is 23.5. The van der Waals surface area contributed by atoms with Gasteiger partial charge in [-0.1, -0.05) is 63.6 Å².